The van der Waals surface area contributed by atoms with E-state index in [2.05, 4.69) is 4.98 Å². The molecule has 1 N–H and O–H groups in total. The van der Waals surface area contributed by atoms with Crippen LogP contribution in [0.4, 0.5) is 0 Å². The summed E-state index contributed by atoms with van der Waals surface area (Å²) in [5.41, 5.74) is 0.923. The second-order valence-electron chi connectivity index (χ2n) is 4.21. The normalized spacial score (nSPS) is 20.4. The van der Waals surface area contributed by atoms with Gasteiger partial charge < -0.3 is 10.0 Å². The Bertz CT molecular complexity index is 419. The lowest BCUT2D eigenvalue weighted by Crippen LogP contribution is -2.42. The molecule has 0 aromatic carbocycles. The van der Waals surface area contributed by atoms with Crippen molar-refractivity contribution in [3.05, 3.63) is 30.1 Å². The van der Waals surface area contributed by atoms with E-state index in [1.165, 1.54) is 0 Å². The van der Waals surface area contributed by atoms with Crippen molar-refractivity contribution >= 4 is 11.9 Å². The minimum absolute atomic E-state index is 0.0198. The average Bonchev–Trinajstić information content (AvgIpc) is 2.33. The van der Waals surface area contributed by atoms with Gasteiger partial charge in [-0.1, -0.05) is 6.07 Å². The predicted octanol–water partition coefficient (Wildman–Crippen LogP) is 0.905. The zero-order chi connectivity index (χ0) is 12.3. The highest BCUT2D eigenvalue weighted by atomic mass is 16.4. The molecule has 1 aromatic rings. The fourth-order valence-corrected chi connectivity index (χ4v) is 1.98. The lowest BCUT2D eigenvalue weighted by Gasteiger charge is -2.30. The molecule has 1 atom stereocenters. The van der Waals surface area contributed by atoms with Crippen LogP contribution < -0.4 is 0 Å². The third kappa shape index (κ3) is 2.81. The number of pyridine rings is 1. The molecule has 5 heteroatoms. The topological polar surface area (TPSA) is 70.5 Å². The number of likely N-dealkylation sites (tertiary alicyclic amines) is 1. The number of piperidine rings is 1. The van der Waals surface area contributed by atoms with Crippen molar-refractivity contribution in [1.82, 2.24) is 9.88 Å². The number of carboxylic acids is 1. The highest BCUT2D eigenvalue weighted by molar-refractivity contribution is 5.80. The predicted molar refractivity (Wildman–Crippen MR) is 60.0 cm³/mol. The molecule has 1 amide bonds. The van der Waals surface area contributed by atoms with Crippen LogP contribution in [0.5, 0.6) is 0 Å². The maximum absolute atomic E-state index is 11.7. The maximum Gasteiger partial charge on any atom is 0.308 e. The first-order valence-electron chi connectivity index (χ1n) is 5.56. The number of amides is 1. The summed E-state index contributed by atoms with van der Waals surface area (Å²) in [4.78, 5) is 28.2. The van der Waals surface area contributed by atoms with Gasteiger partial charge in [0.05, 0.1) is 5.92 Å². The van der Waals surface area contributed by atoms with Crippen LogP contribution in [0.3, 0.4) is 0 Å². The monoisotopic (exact) mass is 234 g/mol. The van der Waals surface area contributed by atoms with Crippen molar-refractivity contribution in [2.75, 3.05) is 6.54 Å². The molecule has 90 valence electrons. The number of hydrogen-bond acceptors (Lipinski definition) is 3. The van der Waals surface area contributed by atoms with Crippen molar-refractivity contribution in [3.63, 3.8) is 0 Å². The Kier molecular flexibility index (Phi) is 3.37. The van der Waals surface area contributed by atoms with Gasteiger partial charge in [-0.05, 0) is 18.1 Å². The van der Waals surface area contributed by atoms with Gasteiger partial charge >= 0.3 is 5.97 Å². The van der Waals surface area contributed by atoms with Gasteiger partial charge in [-0.15, -0.1) is 0 Å². The fraction of sp³-hybridized carbons (Fsp3) is 0.417. The summed E-state index contributed by atoms with van der Waals surface area (Å²) in [6.45, 7) is 0.736. The molecule has 1 aliphatic rings. The van der Waals surface area contributed by atoms with Gasteiger partial charge in [-0.2, -0.15) is 0 Å². The molecule has 5 nitrogen and oxygen atoms in total. The third-order valence-electron chi connectivity index (χ3n) is 2.95. The van der Waals surface area contributed by atoms with Crippen molar-refractivity contribution < 1.29 is 14.7 Å². The van der Waals surface area contributed by atoms with E-state index in [4.69, 9.17) is 5.11 Å². The Labute approximate surface area is 99.1 Å². The van der Waals surface area contributed by atoms with Crippen molar-refractivity contribution in [3.8, 4) is 0 Å². The Morgan fingerprint density at radius 2 is 2.41 bits per heavy atom. The number of carbonyl (C=O) groups is 2. The van der Waals surface area contributed by atoms with E-state index >= 15 is 0 Å². The first-order valence-corrected chi connectivity index (χ1v) is 5.56. The molecule has 1 aromatic heterocycles. The van der Waals surface area contributed by atoms with E-state index in [-0.39, 0.29) is 5.91 Å². The molecule has 2 rings (SSSR count). The van der Waals surface area contributed by atoms with Crippen molar-refractivity contribution in [2.24, 2.45) is 5.92 Å². The lowest BCUT2D eigenvalue weighted by atomic mass is 9.97. The Morgan fingerprint density at radius 3 is 3.06 bits per heavy atom. The molecule has 1 unspecified atom stereocenters. The smallest absolute Gasteiger partial charge is 0.308 e. The Morgan fingerprint density at radius 1 is 1.59 bits per heavy atom. The molecule has 1 fully saturated rings. The summed E-state index contributed by atoms with van der Waals surface area (Å²) < 4.78 is 0. The number of carbonyl (C=O) groups excluding carboxylic acids is 1. The number of carboxylic acid groups (broad SMARTS) is 1. The van der Waals surface area contributed by atoms with E-state index in [1.54, 1.807) is 23.4 Å². The van der Waals surface area contributed by atoms with Crippen LogP contribution >= 0.6 is 0 Å². The zero-order valence-corrected chi connectivity index (χ0v) is 9.37. The van der Waals surface area contributed by atoms with Gasteiger partial charge in [-0.3, -0.25) is 14.6 Å². The van der Waals surface area contributed by atoms with Crippen LogP contribution in [-0.4, -0.2) is 33.4 Å². The molecule has 0 aliphatic carbocycles. The van der Waals surface area contributed by atoms with Crippen LogP contribution in [0.15, 0.2) is 24.5 Å². The Balaban J connectivity index is 2.04. The summed E-state index contributed by atoms with van der Waals surface area (Å²) in [5, 5.41) is 8.96. The van der Waals surface area contributed by atoms with E-state index < -0.39 is 11.9 Å². The average molecular weight is 234 g/mol. The quantitative estimate of drug-likeness (QED) is 0.843. The van der Waals surface area contributed by atoms with Crippen LogP contribution in [0.1, 0.15) is 18.4 Å². The van der Waals surface area contributed by atoms with Crippen molar-refractivity contribution in [1.29, 1.82) is 0 Å². The minimum Gasteiger partial charge on any atom is -0.481 e. The summed E-state index contributed by atoms with van der Waals surface area (Å²) in [7, 11) is 0. The molecular formula is C12H14N2O3. The molecule has 2 heterocycles. The molecule has 0 radical (unpaired) electrons. The fourth-order valence-electron chi connectivity index (χ4n) is 1.98. The molecule has 0 saturated carbocycles. The van der Waals surface area contributed by atoms with Crippen molar-refractivity contribution in [2.45, 2.75) is 19.4 Å². The molecule has 17 heavy (non-hydrogen) atoms. The number of aliphatic carboxylic acids is 1. The summed E-state index contributed by atoms with van der Waals surface area (Å²) in [6, 6.07) is 3.68. The van der Waals surface area contributed by atoms with Gasteiger partial charge in [0, 0.05) is 31.9 Å². The first kappa shape index (κ1) is 11.6. The second-order valence-corrected chi connectivity index (χ2v) is 4.21. The van der Waals surface area contributed by atoms with Crippen LogP contribution in [0.25, 0.3) is 0 Å². The lowest BCUT2D eigenvalue weighted by molar-refractivity contribution is -0.147. The SMILES string of the molecule is O=C(O)C1CCC(=O)N(Cc2cccnc2)C1. The van der Waals surface area contributed by atoms with Gasteiger partial charge in [0.1, 0.15) is 0 Å². The highest BCUT2D eigenvalue weighted by Crippen LogP contribution is 2.19. The largest absolute Gasteiger partial charge is 0.481 e. The maximum atomic E-state index is 11.7. The molecular weight excluding hydrogens is 220 g/mol. The third-order valence-corrected chi connectivity index (χ3v) is 2.95. The van der Waals surface area contributed by atoms with Crippen LogP contribution in [0.2, 0.25) is 0 Å². The highest BCUT2D eigenvalue weighted by Gasteiger charge is 2.29. The van der Waals surface area contributed by atoms with Crippen LogP contribution in [-0.2, 0) is 16.1 Å². The molecule has 1 saturated heterocycles. The number of nitrogens with zero attached hydrogens (tertiary/aromatic N) is 2. The molecule has 0 spiro atoms. The van der Waals surface area contributed by atoms with E-state index in [0.717, 1.165) is 5.56 Å². The van der Waals surface area contributed by atoms with Gasteiger partial charge in [0.15, 0.2) is 0 Å². The molecule has 0 bridgehead atoms. The summed E-state index contributed by atoms with van der Waals surface area (Å²) >= 11 is 0. The number of rotatable bonds is 3. The first-order chi connectivity index (χ1) is 8.16. The Hall–Kier alpha value is -1.91. The minimum atomic E-state index is -0.825. The number of hydrogen-bond donors (Lipinski definition) is 1. The van der Waals surface area contributed by atoms with Gasteiger partial charge in [0.25, 0.3) is 0 Å². The van der Waals surface area contributed by atoms with E-state index in [0.29, 0.717) is 25.9 Å². The number of aromatic nitrogens is 1. The zero-order valence-electron chi connectivity index (χ0n) is 9.37. The van der Waals surface area contributed by atoms with E-state index in [1.807, 2.05) is 6.07 Å². The molecule has 1 aliphatic heterocycles. The standard InChI is InChI=1S/C12H14N2O3/c15-11-4-3-10(12(16)17)8-14(11)7-9-2-1-5-13-6-9/h1-2,5-6,10H,3-4,7-8H2,(H,16,17). The summed E-state index contributed by atoms with van der Waals surface area (Å²) in [6.07, 6.45) is 4.12. The second kappa shape index (κ2) is 4.95. The summed E-state index contributed by atoms with van der Waals surface area (Å²) in [5.74, 6) is -1.25. The van der Waals surface area contributed by atoms with Gasteiger partial charge in [0.2, 0.25) is 5.91 Å². The van der Waals surface area contributed by atoms with Crippen LogP contribution in [0, 0.1) is 5.92 Å². The van der Waals surface area contributed by atoms with E-state index in [9.17, 15) is 9.59 Å². The van der Waals surface area contributed by atoms with Gasteiger partial charge in [-0.25, -0.2) is 0 Å².